The highest BCUT2D eigenvalue weighted by Gasteiger charge is 2.28. The number of nitrogens with zero attached hydrogens (tertiary/aromatic N) is 2. The fourth-order valence-corrected chi connectivity index (χ4v) is 4.77. The lowest BCUT2D eigenvalue weighted by Crippen LogP contribution is -2.49. The van der Waals surface area contributed by atoms with Crippen molar-refractivity contribution >= 4 is 46.6 Å². The smallest absolute Gasteiger partial charge is 0.303 e. The van der Waals surface area contributed by atoms with Crippen LogP contribution in [-0.2, 0) is 14.8 Å². The molecule has 33 heavy (non-hydrogen) atoms. The molecule has 182 valence electrons. The summed E-state index contributed by atoms with van der Waals surface area (Å²) in [4.78, 5) is 24.9. The quantitative estimate of drug-likeness (QED) is 0.482. The second kappa shape index (κ2) is 13.5. The molecule has 8 nitrogen and oxygen atoms in total. The van der Waals surface area contributed by atoms with Gasteiger partial charge in [-0.1, -0.05) is 18.2 Å². The molecule has 3 rings (SSSR count). The Kier molecular flexibility index (Phi) is 11.8. The number of hydrogen-bond acceptors (Lipinski definition) is 6. The number of carboxylic acids is 1. The molecule has 1 aliphatic heterocycles. The van der Waals surface area contributed by atoms with E-state index in [0.717, 1.165) is 0 Å². The second-order valence-corrected chi connectivity index (χ2v) is 9.19. The minimum Gasteiger partial charge on any atom is -0.492 e. The van der Waals surface area contributed by atoms with Gasteiger partial charge in [0.15, 0.2) is 5.78 Å². The largest absolute Gasteiger partial charge is 0.492 e. The first-order valence-corrected chi connectivity index (χ1v) is 11.6. The first-order valence-electron chi connectivity index (χ1n) is 10.1. The molecule has 1 N–H and O–H groups in total. The van der Waals surface area contributed by atoms with Crippen molar-refractivity contribution in [2.75, 3.05) is 39.3 Å². The number of hydrogen-bond donors (Lipinski definition) is 1. The number of Topliss-reactive ketones (excluding diaryl/α,β-unsaturated/α-hetero) is 1. The highest BCUT2D eigenvalue weighted by molar-refractivity contribution is 7.89. The lowest BCUT2D eigenvalue weighted by atomic mass is 10.1. The second-order valence-electron chi connectivity index (χ2n) is 7.25. The van der Waals surface area contributed by atoms with Crippen LogP contribution in [-0.4, -0.2) is 73.8 Å². The molecule has 0 unspecified atom stereocenters. The molecule has 1 aliphatic rings. The molecule has 0 amide bonds. The fraction of sp³-hybridized carbons (Fsp3) is 0.364. The van der Waals surface area contributed by atoms with Crippen molar-refractivity contribution < 1.29 is 27.9 Å². The lowest BCUT2D eigenvalue weighted by Gasteiger charge is -2.33. The van der Waals surface area contributed by atoms with Crippen LogP contribution in [0.15, 0.2) is 59.5 Å². The molecule has 0 aliphatic carbocycles. The van der Waals surface area contributed by atoms with Crippen LogP contribution in [0.25, 0.3) is 0 Å². The molecule has 0 bridgehead atoms. The van der Waals surface area contributed by atoms with Gasteiger partial charge in [-0.15, -0.1) is 24.8 Å². The van der Waals surface area contributed by atoms with Gasteiger partial charge in [-0.25, -0.2) is 8.42 Å². The standard InChI is InChI=1S/C22H26N2O6S.2ClH/c25-21(10-11-22(26)27)18-6-8-19(9-7-18)30-17-16-23-12-14-24(15-13-23)31(28,29)20-4-2-1-3-5-20;;/h1-9H,10-17H2,(H,26,27);2*1H. The third-order valence-corrected chi connectivity index (χ3v) is 7.04. The number of carbonyl (C=O) groups excluding carboxylic acids is 1. The van der Waals surface area contributed by atoms with Crippen LogP contribution in [0.1, 0.15) is 23.2 Å². The van der Waals surface area contributed by atoms with E-state index in [1.54, 1.807) is 54.6 Å². The molecular formula is C22H28Cl2N2O6S. The van der Waals surface area contributed by atoms with E-state index in [-0.39, 0.29) is 43.4 Å². The van der Waals surface area contributed by atoms with Gasteiger partial charge in [0.2, 0.25) is 10.0 Å². The van der Waals surface area contributed by atoms with Gasteiger partial charge in [-0.05, 0) is 36.4 Å². The minimum absolute atomic E-state index is 0. The van der Waals surface area contributed by atoms with Crippen LogP contribution in [0.2, 0.25) is 0 Å². The lowest BCUT2D eigenvalue weighted by molar-refractivity contribution is -0.136. The Morgan fingerprint density at radius 3 is 2.06 bits per heavy atom. The summed E-state index contributed by atoms with van der Waals surface area (Å²) in [6.07, 6.45) is -0.210. The summed E-state index contributed by atoms with van der Waals surface area (Å²) in [6.45, 7) is 3.24. The Hall–Kier alpha value is -2.17. The summed E-state index contributed by atoms with van der Waals surface area (Å²) >= 11 is 0. The van der Waals surface area contributed by atoms with Gasteiger partial charge < -0.3 is 9.84 Å². The summed E-state index contributed by atoms with van der Waals surface area (Å²) in [5.41, 5.74) is 0.462. The number of halogens is 2. The summed E-state index contributed by atoms with van der Waals surface area (Å²) in [5.74, 6) is -0.579. The molecule has 11 heteroatoms. The van der Waals surface area contributed by atoms with E-state index in [2.05, 4.69) is 4.90 Å². The maximum atomic E-state index is 12.7. The number of carboxylic acid groups (broad SMARTS) is 1. The Bertz CT molecular complexity index is 995. The van der Waals surface area contributed by atoms with Crippen LogP contribution in [0, 0.1) is 0 Å². The van der Waals surface area contributed by atoms with Gasteiger partial charge in [0.25, 0.3) is 0 Å². The van der Waals surface area contributed by atoms with Crippen molar-refractivity contribution in [3.05, 3.63) is 60.2 Å². The highest BCUT2D eigenvalue weighted by atomic mass is 35.5. The number of benzene rings is 2. The van der Waals surface area contributed by atoms with E-state index in [0.29, 0.717) is 55.5 Å². The number of sulfonamides is 1. The molecule has 0 saturated carbocycles. The number of aliphatic carboxylic acids is 1. The topological polar surface area (TPSA) is 104 Å². The molecule has 0 radical (unpaired) electrons. The third kappa shape index (κ3) is 8.28. The van der Waals surface area contributed by atoms with E-state index in [1.165, 1.54) is 4.31 Å². The maximum absolute atomic E-state index is 12.7. The number of ether oxygens (including phenoxy) is 1. The normalized spacial score (nSPS) is 14.5. The van der Waals surface area contributed by atoms with Crippen molar-refractivity contribution in [3.8, 4) is 5.75 Å². The summed E-state index contributed by atoms with van der Waals surface area (Å²) in [7, 11) is -3.45. The third-order valence-electron chi connectivity index (χ3n) is 5.13. The molecule has 0 aromatic heterocycles. The van der Waals surface area contributed by atoms with Gasteiger partial charge in [0.05, 0.1) is 11.3 Å². The van der Waals surface area contributed by atoms with Gasteiger partial charge in [0.1, 0.15) is 12.4 Å². The Balaban J connectivity index is 0.00000272. The molecule has 2 aromatic rings. The highest BCUT2D eigenvalue weighted by Crippen LogP contribution is 2.18. The average molecular weight is 519 g/mol. The summed E-state index contributed by atoms with van der Waals surface area (Å²) < 4.78 is 32.6. The molecule has 1 heterocycles. The summed E-state index contributed by atoms with van der Waals surface area (Å²) in [6, 6.07) is 15.1. The Morgan fingerprint density at radius 2 is 1.48 bits per heavy atom. The molecule has 0 spiro atoms. The zero-order chi connectivity index (χ0) is 22.3. The van der Waals surface area contributed by atoms with E-state index in [1.807, 2.05) is 0 Å². The van der Waals surface area contributed by atoms with E-state index in [4.69, 9.17) is 9.84 Å². The zero-order valence-corrected chi connectivity index (χ0v) is 20.4. The zero-order valence-electron chi connectivity index (χ0n) is 18.0. The van der Waals surface area contributed by atoms with Crippen molar-refractivity contribution in [1.82, 2.24) is 9.21 Å². The fourth-order valence-electron chi connectivity index (χ4n) is 3.33. The van der Waals surface area contributed by atoms with Crippen molar-refractivity contribution in [3.63, 3.8) is 0 Å². The molecule has 2 aromatic carbocycles. The maximum Gasteiger partial charge on any atom is 0.303 e. The van der Waals surface area contributed by atoms with Crippen LogP contribution in [0.3, 0.4) is 0 Å². The van der Waals surface area contributed by atoms with Gasteiger partial charge >= 0.3 is 5.97 Å². The first kappa shape index (κ1) is 28.9. The Labute approximate surface area is 206 Å². The number of ketones is 1. The average Bonchev–Trinajstić information content (AvgIpc) is 2.79. The van der Waals surface area contributed by atoms with Crippen LogP contribution in [0.4, 0.5) is 0 Å². The molecule has 1 saturated heterocycles. The predicted octanol–water partition coefficient (Wildman–Crippen LogP) is 2.96. The Morgan fingerprint density at radius 1 is 0.879 bits per heavy atom. The van der Waals surface area contributed by atoms with E-state index < -0.39 is 16.0 Å². The number of rotatable bonds is 10. The van der Waals surface area contributed by atoms with Crippen LogP contribution >= 0.6 is 24.8 Å². The van der Waals surface area contributed by atoms with Gasteiger partial charge in [-0.3, -0.25) is 14.5 Å². The SMILES string of the molecule is Cl.Cl.O=C(O)CCC(=O)c1ccc(OCCN2CCN(S(=O)(=O)c3ccccc3)CC2)cc1. The molecule has 1 fully saturated rings. The number of carbonyl (C=O) groups is 2. The van der Waals surface area contributed by atoms with Crippen molar-refractivity contribution in [2.24, 2.45) is 0 Å². The van der Waals surface area contributed by atoms with E-state index >= 15 is 0 Å². The summed E-state index contributed by atoms with van der Waals surface area (Å²) in [5, 5.41) is 8.66. The monoisotopic (exact) mass is 518 g/mol. The van der Waals surface area contributed by atoms with Crippen LogP contribution < -0.4 is 4.74 Å². The van der Waals surface area contributed by atoms with Gasteiger partial charge in [0, 0.05) is 44.7 Å². The van der Waals surface area contributed by atoms with Gasteiger partial charge in [-0.2, -0.15) is 4.31 Å². The molecule has 0 atom stereocenters. The minimum atomic E-state index is -3.45. The van der Waals surface area contributed by atoms with Crippen molar-refractivity contribution in [1.29, 1.82) is 0 Å². The number of piperazine rings is 1. The molecular weight excluding hydrogens is 491 g/mol. The predicted molar refractivity (Wildman–Crippen MR) is 129 cm³/mol. The van der Waals surface area contributed by atoms with Crippen LogP contribution in [0.5, 0.6) is 5.75 Å². The van der Waals surface area contributed by atoms with Crippen molar-refractivity contribution in [2.45, 2.75) is 17.7 Å². The first-order chi connectivity index (χ1) is 14.9. The van der Waals surface area contributed by atoms with E-state index in [9.17, 15) is 18.0 Å².